The minimum Gasteiger partial charge on any atom is -0.372 e. The summed E-state index contributed by atoms with van der Waals surface area (Å²) in [5.41, 5.74) is 7.81. The molecule has 1 saturated heterocycles. The van der Waals surface area contributed by atoms with Crippen molar-refractivity contribution in [3.05, 3.63) is 78.9 Å². The zero-order valence-electron chi connectivity index (χ0n) is 19.2. The summed E-state index contributed by atoms with van der Waals surface area (Å²) in [5.74, 6) is 0.602. The lowest BCUT2D eigenvalue weighted by Gasteiger charge is -2.28. The molecule has 1 fully saturated rings. The van der Waals surface area contributed by atoms with Crippen LogP contribution in [0.4, 0.5) is 5.69 Å². The molecule has 0 spiro atoms. The normalized spacial score (nSPS) is 14.0. The van der Waals surface area contributed by atoms with E-state index in [9.17, 15) is 0 Å². The highest BCUT2D eigenvalue weighted by molar-refractivity contribution is 5.92. The maximum absolute atomic E-state index is 4.92. The zero-order chi connectivity index (χ0) is 22.9. The largest absolute Gasteiger partial charge is 0.372 e. The first-order valence-corrected chi connectivity index (χ1v) is 11.8. The van der Waals surface area contributed by atoms with Gasteiger partial charge in [-0.25, -0.2) is 15.0 Å². The van der Waals surface area contributed by atoms with Gasteiger partial charge in [-0.15, -0.1) is 0 Å². The van der Waals surface area contributed by atoms with E-state index >= 15 is 0 Å². The van der Waals surface area contributed by atoms with Crippen molar-refractivity contribution >= 4 is 16.7 Å². The Morgan fingerprint density at radius 1 is 0.794 bits per heavy atom. The molecule has 6 heteroatoms. The number of benzene rings is 1. The SMILES string of the molecule is Cc1cccc(-c2nc(-c3cncc(-c4ccc(N5CCCCC5)cc4)c3)c3cc[nH]c3n2)n1. The summed E-state index contributed by atoms with van der Waals surface area (Å²) in [6, 6.07) is 18.9. The summed E-state index contributed by atoms with van der Waals surface area (Å²) >= 11 is 0. The molecule has 0 aliphatic carbocycles. The van der Waals surface area contributed by atoms with Crippen molar-refractivity contribution in [1.29, 1.82) is 0 Å². The first-order valence-electron chi connectivity index (χ1n) is 11.8. The lowest BCUT2D eigenvalue weighted by atomic mass is 10.0. The van der Waals surface area contributed by atoms with Gasteiger partial charge in [-0.3, -0.25) is 4.98 Å². The number of aromatic nitrogens is 5. The molecule has 0 bridgehead atoms. The highest BCUT2D eigenvalue weighted by Crippen LogP contribution is 2.31. The summed E-state index contributed by atoms with van der Waals surface area (Å²) < 4.78 is 0. The number of piperidine rings is 1. The monoisotopic (exact) mass is 446 g/mol. The number of anilines is 1. The predicted molar refractivity (Wildman–Crippen MR) is 137 cm³/mol. The summed E-state index contributed by atoms with van der Waals surface area (Å²) in [6.45, 7) is 4.27. The number of hydrogen-bond donors (Lipinski definition) is 1. The second-order valence-electron chi connectivity index (χ2n) is 8.86. The second kappa shape index (κ2) is 8.71. The van der Waals surface area contributed by atoms with Gasteiger partial charge in [0.2, 0.25) is 0 Å². The predicted octanol–water partition coefficient (Wildman–Crippen LogP) is 6.05. The molecule has 1 N–H and O–H groups in total. The fourth-order valence-electron chi connectivity index (χ4n) is 4.69. The van der Waals surface area contributed by atoms with E-state index in [-0.39, 0.29) is 0 Å². The van der Waals surface area contributed by atoms with Gasteiger partial charge in [0.1, 0.15) is 11.3 Å². The summed E-state index contributed by atoms with van der Waals surface area (Å²) in [5, 5.41) is 0.968. The molecule has 168 valence electrons. The number of nitrogens with zero attached hydrogens (tertiary/aromatic N) is 5. The van der Waals surface area contributed by atoms with Crippen molar-refractivity contribution < 1.29 is 0 Å². The molecule has 4 aromatic heterocycles. The molecule has 0 radical (unpaired) electrons. The molecular formula is C28H26N6. The van der Waals surface area contributed by atoms with Gasteiger partial charge in [-0.1, -0.05) is 18.2 Å². The Hall–Kier alpha value is -4.06. The Morgan fingerprint density at radius 2 is 1.62 bits per heavy atom. The molecular weight excluding hydrogens is 420 g/mol. The van der Waals surface area contributed by atoms with Crippen LogP contribution in [0.2, 0.25) is 0 Å². The van der Waals surface area contributed by atoms with Crippen molar-refractivity contribution in [2.24, 2.45) is 0 Å². The van der Waals surface area contributed by atoms with Crippen molar-refractivity contribution in [2.45, 2.75) is 26.2 Å². The van der Waals surface area contributed by atoms with Gasteiger partial charge >= 0.3 is 0 Å². The van der Waals surface area contributed by atoms with Gasteiger partial charge in [0.25, 0.3) is 0 Å². The zero-order valence-corrected chi connectivity index (χ0v) is 19.2. The van der Waals surface area contributed by atoms with Crippen LogP contribution in [-0.2, 0) is 0 Å². The lowest BCUT2D eigenvalue weighted by molar-refractivity contribution is 0.578. The number of aryl methyl sites for hydroxylation is 1. The van der Waals surface area contributed by atoms with Crippen LogP contribution in [0.5, 0.6) is 0 Å². The van der Waals surface area contributed by atoms with Crippen LogP contribution >= 0.6 is 0 Å². The first-order chi connectivity index (χ1) is 16.7. The molecule has 6 nitrogen and oxygen atoms in total. The topological polar surface area (TPSA) is 70.6 Å². The third kappa shape index (κ3) is 3.92. The Bertz CT molecular complexity index is 1450. The average Bonchev–Trinajstić information content (AvgIpc) is 3.38. The van der Waals surface area contributed by atoms with Crippen LogP contribution < -0.4 is 4.90 Å². The molecule has 5 heterocycles. The third-order valence-corrected chi connectivity index (χ3v) is 6.47. The number of aromatic amines is 1. The summed E-state index contributed by atoms with van der Waals surface area (Å²) in [4.78, 5) is 24.5. The van der Waals surface area contributed by atoms with E-state index in [1.807, 2.05) is 49.8 Å². The molecule has 0 saturated carbocycles. The maximum Gasteiger partial charge on any atom is 0.180 e. The standard InChI is InChI=1S/C28H26N6/c1-19-6-5-7-25(31-19)28-32-26(24-12-13-30-27(24)33-28)22-16-21(17-29-18-22)20-8-10-23(11-9-20)34-14-3-2-4-15-34/h5-13,16-18H,2-4,14-15H2,1H3,(H,30,32,33). The van der Waals surface area contributed by atoms with E-state index in [2.05, 4.69) is 50.2 Å². The molecule has 34 heavy (non-hydrogen) atoms. The molecule has 1 aliphatic rings. The van der Waals surface area contributed by atoms with Crippen LogP contribution in [0.15, 0.2) is 73.2 Å². The number of hydrogen-bond acceptors (Lipinski definition) is 5. The van der Waals surface area contributed by atoms with Crippen molar-refractivity contribution in [2.75, 3.05) is 18.0 Å². The first kappa shape index (κ1) is 20.5. The molecule has 0 amide bonds. The van der Waals surface area contributed by atoms with Gasteiger partial charge in [-0.2, -0.15) is 0 Å². The van der Waals surface area contributed by atoms with Gasteiger partial charge in [0, 0.05) is 59.6 Å². The van der Waals surface area contributed by atoms with Crippen molar-refractivity contribution in [1.82, 2.24) is 24.9 Å². The van der Waals surface area contributed by atoms with Crippen LogP contribution in [0.3, 0.4) is 0 Å². The highest BCUT2D eigenvalue weighted by atomic mass is 15.1. The number of nitrogens with one attached hydrogen (secondary N) is 1. The van der Waals surface area contributed by atoms with Crippen molar-refractivity contribution in [3.63, 3.8) is 0 Å². The van der Waals surface area contributed by atoms with E-state index in [1.165, 1.54) is 24.9 Å². The van der Waals surface area contributed by atoms with Crippen LogP contribution in [0.1, 0.15) is 25.0 Å². The number of fused-ring (bicyclic) bond motifs is 1. The highest BCUT2D eigenvalue weighted by Gasteiger charge is 2.15. The Morgan fingerprint density at radius 3 is 2.44 bits per heavy atom. The van der Waals surface area contributed by atoms with Gasteiger partial charge in [-0.05, 0) is 68.1 Å². The van der Waals surface area contributed by atoms with E-state index in [4.69, 9.17) is 9.97 Å². The minimum atomic E-state index is 0.602. The number of pyridine rings is 2. The lowest BCUT2D eigenvalue weighted by Crippen LogP contribution is -2.29. The molecule has 0 unspecified atom stereocenters. The fourth-order valence-corrected chi connectivity index (χ4v) is 4.69. The van der Waals surface area contributed by atoms with E-state index in [0.29, 0.717) is 5.82 Å². The molecule has 0 atom stereocenters. The van der Waals surface area contributed by atoms with Crippen LogP contribution in [0, 0.1) is 6.92 Å². The minimum absolute atomic E-state index is 0.602. The molecule has 6 rings (SSSR count). The van der Waals surface area contributed by atoms with E-state index < -0.39 is 0 Å². The average molecular weight is 447 g/mol. The fraction of sp³-hybridized carbons (Fsp3) is 0.214. The maximum atomic E-state index is 4.92. The van der Waals surface area contributed by atoms with Crippen LogP contribution in [0.25, 0.3) is 44.9 Å². The molecule has 5 aromatic rings. The Labute approximate surface area is 198 Å². The number of H-pyrrole nitrogens is 1. The summed E-state index contributed by atoms with van der Waals surface area (Å²) in [7, 11) is 0. The number of rotatable bonds is 4. The molecule has 1 aromatic carbocycles. The summed E-state index contributed by atoms with van der Waals surface area (Å²) in [6.07, 6.45) is 9.57. The second-order valence-corrected chi connectivity index (χ2v) is 8.86. The van der Waals surface area contributed by atoms with Gasteiger partial charge in [0.05, 0.1) is 5.69 Å². The Balaban J connectivity index is 1.38. The van der Waals surface area contributed by atoms with Crippen molar-refractivity contribution in [3.8, 4) is 33.9 Å². The smallest absolute Gasteiger partial charge is 0.180 e. The van der Waals surface area contributed by atoms with E-state index in [1.54, 1.807) is 0 Å². The third-order valence-electron chi connectivity index (χ3n) is 6.47. The van der Waals surface area contributed by atoms with Gasteiger partial charge in [0.15, 0.2) is 5.82 Å². The Kier molecular flexibility index (Phi) is 5.26. The van der Waals surface area contributed by atoms with Gasteiger partial charge < -0.3 is 9.88 Å². The van der Waals surface area contributed by atoms with E-state index in [0.717, 1.165) is 57.9 Å². The quantitative estimate of drug-likeness (QED) is 0.364. The molecule has 1 aliphatic heterocycles. The van der Waals surface area contributed by atoms with Crippen LogP contribution in [-0.4, -0.2) is 38.0 Å².